The van der Waals surface area contributed by atoms with E-state index in [4.69, 9.17) is 9.52 Å². The number of carboxylic acid groups (broad SMARTS) is 1. The van der Waals surface area contributed by atoms with Gasteiger partial charge in [-0.3, -0.25) is 4.79 Å². The van der Waals surface area contributed by atoms with E-state index in [9.17, 15) is 4.79 Å². The SMILES string of the molecule is CC(C)CCc1nnc(CCC(=O)O)o1. The van der Waals surface area contributed by atoms with E-state index in [0.717, 1.165) is 12.8 Å². The lowest BCUT2D eigenvalue weighted by Gasteiger charge is -1.99. The summed E-state index contributed by atoms with van der Waals surface area (Å²) in [5.74, 6) is 0.761. The molecule has 0 aliphatic carbocycles. The van der Waals surface area contributed by atoms with Crippen LogP contribution in [0.15, 0.2) is 4.42 Å². The van der Waals surface area contributed by atoms with Gasteiger partial charge in [-0.05, 0) is 12.3 Å². The molecule has 15 heavy (non-hydrogen) atoms. The van der Waals surface area contributed by atoms with Crippen LogP contribution in [0.4, 0.5) is 0 Å². The topological polar surface area (TPSA) is 76.2 Å². The summed E-state index contributed by atoms with van der Waals surface area (Å²) in [4.78, 5) is 10.3. The smallest absolute Gasteiger partial charge is 0.303 e. The summed E-state index contributed by atoms with van der Waals surface area (Å²) in [6.07, 6.45) is 2.11. The minimum atomic E-state index is -0.850. The lowest BCUT2D eigenvalue weighted by molar-refractivity contribution is -0.137. The highest BCUT2D eigenvalue weighted by Gasteiger charge is 2.08. The van der Waals surface area contributed by atoms with Crippen molar-refractivity contribution in [2.24, 2.45) is 5.92 Å². The van der Waals surface area contributed by atoms with Gasteiger partial charge < -0.3 is 9.52 Å². The maximum Gasteiger partial charge on any atom is 0.303 e. The molecule has 1 rings (SSSR count). The molecule has 5 nitrogen and oxygen atoms in total. The molecule has 0 aliphatic rings. The van der Waals surface area contributed by atoms with E-state index in [1.54, 1.807) is 0 Å². The van der Waals surface area contributed by atoms with Crippen LogP contribution < -0.4 is 0 Å². The second kappa shape index (κ2) is 5.48. The van der Waals surface area contributed by atoms with Crippen molar-refractivity contribution in [2.75, 3.05) is 0 Å². The van der Waals surface area contributed by atoms with Gasteiger partial charge in [-0.1, -0.05) is 13.8 Å². The largest absolute Gasteiger partial charge is 0.481 e. The van der Waals surface area contributed by atoms with Gasteiger partial charge in [0, 0.05) is 12.8 Å². The van der Waals surface area contributed by atoms with Crippen molar-refractivity contribution in [3.63, 3.8) is 0 Å². The van der Waals surface area contributed by atoms with E-state index < -0.39 is 5.97 Å². The predicted molar refractivity (Wildman–Crippen MR) is 53.4 cm³/mol. The summed E-state index contributed by atoms with van der Waals surface area (Å²) in [6, 6.07) is 0. The number of aromatic nitrogens is 2. The molecule has 0 atom stereocenters. The molecule has 0 fully saturated rings. The van der Waals surface area contributed by atoms with E-state index in [2.05, 4.69) is 24.0 Å². The number of carbonyl (C=O) groups is 1. The van der Waals surface area contributed by atoms with Gasteiger partial charge in [-0.15, -0.1) is 10.2 Å². The molecular weight excluding hydrogens is 196 g/mol. The Morgan fingerprint density at radius 3 is 2.47 bits per heavy atom. The first-order chi connectivity index (χ1) is 7.08. The quantitative estimate of drug-likeness (QED) is 0.776. The molecule has 0 aliphatic heterocycles. The van der Waals surface area contributed by atoms with Gasteiger partial charge in [0.05, 0.1) is 6.42 Å². The van der Waals surface area contributed by atoms with Crippen LogP contribution in [0.3, 0.4) is 0 Å². The van der Waals surface area contributed by atoms with Crippen LogP contribution in [0.2, 0.25) is 0 Å². The van der Waals surface area contributed by atoms with Gasteiger partial charge in [-0.25, -0.2) is 0 Å². The van der Waals surface area contributed by atoms with E-state index >= 15 is 0 Å². The number of carboxylic acids is 1. The van der Waals surface area contributed by atoms with Gasteiger partial charge in [0.15, 0.2) is 0 Å². The molecule has 0 spiro atoms. The van der Waals surface area contributed by atoms with E-state index in [0.29, 0.717) is 24.1 Å². The van der Waals surface area contributed by atoms with Crippen molar-refractivity contribution < 1.29 is 14.3 Å². The number of rotatable bonds is 6. The highest BCUT2D eigenvalue weighted by atomic mass is 16.4. The predicted octanol–water partition coefficient (Wildman–Crippen LogP) is 1.68. The van der Waals surface area contributed by atoms with Crippen LogP contribution in [0.25, 0.3) is 0 Å². The summed E-state index contributed by atoms with van der Waals surface area (Å²) in [5.41, 5.74) is 0. The Morgan fingerprint density at radius 1 is 1.33 bits per heavy atom. The van der Waals surface area contributed by atoms with Gasteiger partial charge in [0.25, 0.3) is 0 Å². The lowest BCUT2D eigenvalue weighted by atomic mass is 10.1. The number of aryl methyl sites for hydroxylation is 2. The molecule has 5 heteroatoms. The molecule has 84 valence electrons. The first-order valence-electron chi connectivity index (χ1n) is 5.11. The fourth-order valence-electron chi connectivity index (χ4n) is 1.12. The van der Waals surface area contributed by atoms with Gasteiger partial charge in [0.1, 0.15) is 0 Å². The van der Waals surface area contributed by atoms with Crippen LogP contribution in [0.1, 0.15) is 38.5 Å². The van der Waals surface area contributed by atoms with Gasteiger partial charge in [-0.2, -0.15) is 0 Å². The number of hydrogen-bond donors (Lipinski definition) is 1. The van der Waals surface area contributed by atoms with Gasteiger partial charge >= 0.3 is 5.97 Å². The third kappa shape index (κ3) is 4.58. The van der Waals surface area contributed by atoms with Crippen molar-refractivity contribution in [3.05, 3.63) is 11.8 Å². The molecule has 0 bridgehead atoms. The summed E-state index contributed by atoms with van der Waals surface area (Å²) >= 11 is 0. The standard InChI is InChI=1S/C10H16N2O3/c1-7(2)3-4-8-11-12-9(15-8)5-6-10(13)14/h7H,3-6H2,1-2H3,(H,13,14). The first kappa shape index (κ1) is 11.7. The zero-order valence-corrected chi connectivity index (χ0v) is 9.06. The Kier molecular flexibility index (Phi) is 4.27. The zero-order chi connectivity index (χ0) is 11.3. The Bertz CT molecular complexity index is 320. The lowest BCUT2D eigenvalue weighted by Crippen LogP contribution is -1.97. The molecule has 1 heterocycles. The third-order valence-corrected chi connectivity index (χ3v) is 2.00. The van der Waals surface area contributed by atoms with Crippen molar-refractivity contribution in [2.45, 2.75) is 39.5 Å². The minimum Gasteiger partial charge on any atom is -0.481 e. The monoisotopic (exact) mass is 212 g/mol. The fraction of sp³-hybridized carbons (Fsp3) is 0.700. The van der Waals surface area contributed by atoms with Crippen LogP contribution in [0, 0.1) is 5.92 Å². The molecule has 0 aromatic carbocycles. The van der Waals surface area contributed by atoms with E-state index in [1.165, 1.54) is 0 Å². The molecule has 0 saturated heterocycles. The van der Waals surface area contributed by atoms with E-state index in [-0.39, 0.29) is 6.42 Å². The fourth-order valence-corrected chi connectivity index (χ4v) is 1.12. The average Bonchev–Trinajstić information content (AvgIpc) is 2.59. The van der Waals surface area contributed by atoms with Crippen molar-refractivity contribution in [1.82, 2.24) is 10.2 Å². The summed E-state index contributed by atoms with van der Waals surface area (Å²) in [5, 5.41) is 16.1. The second-order valence-electron chi connectivity index (χ2n) is 3.92. The molecule has 0 saturated carbocycles. The maximum absolute atomic E-state index is 10.3. The van der Waals surface area contributed by atoms with E-state index in [1.807, 2.05) is 0 Å². The second-order valence-corrected chi connectivity index (χ2v) is 3.92. The zero-order valence-electron chi connectivity index (χ0n) is 9.06. The highest BCUT2D eigenvalue weighted by molar-refractivity contribution is 5.66. The summed E-state index contributed by atoms with van der Waals surface area (Å²) in [6.45, 7) is 4.25. The molecular formula is C10H16N2O3. The van der Waals surface area contributed by atoms with Crippen molar-refractivity contribution in [3.8, 4) is 0 Å². The van der Waals surface area contributed by atoms with Crippen molar-refractivity contribution in [1.29, 1.82) is 0 Å². The molecule has 0 amide bonds. The number of nitrogens with zero attached hydrogens (tertiary/aromatic N) is 2. The molecule has 0 radical (unpaired) electrons. The summed E-state index contributed by atoms with van der Waals surface area (Å²) in [7, 11) is 0. The third-order valence-electron chi connectivity index (χ3n) is 2.00. The van der Waals surface area contributed by atoms with Gasteiger partial charge in [0.2, 0.25) is 11.8 Å². The molecule has 1 N–H and O–H groups in total. The normalized spacial score (nSPS) is 10.9. The maximum atomic E-state index is 10.3. The van der Waals surface area contributed by atoms with Crippen LogP contribution in [-0.4, -0.2) is 21.3 Å². The highest BCUT2D eigenvalue weighted by Crippen LogP contribution is 2.09. The first-order valence-corrected chi connectivity index (χ1v) is 5.11. The average molecular weight is 212 g/mol. The number of aliphatic carboxylic acids is 1. The Morgan fingerprint density at radius 2 is 1.93 bits per heavy atom. The van der Waals surface area contributed by atoms with Crippen LogP contribution in [0.5, 0.6) is 0 Å². The van der Waals surface area contributed by atoms with Crippen molar-refractivity contribution >= 4 is 5.97 Å². The summed E-state index contributed by atoms with van der Waals surface area (Å²) < 4.78 is 5.30. The molecule has 1 aromatic heterocycles. The van der Waals surface area contributed by atoms with Crippen LogP contribution in [-0.2, 0) is 17.6 Å². The van der Waals surface area contributed by atoms with Crippen LogP contribution >= 0.6 is 0 Å². The Balaban J connectivity index is 2.38. The Labute approximate surface area is 88.5 Å². The Hall–Kier alpha value is -1.39. The molecule has 1 aromatic rings. The number of hydrogen-bond acceptors (Lipinski definition) is 4. The molecule has 0 unspecified atom stereocenters. The minimum absolute atomic E-state index is 0.0335.